The number of carbonyl (C=O) groups is 1. The van der Waals surface area contributed by atoms with E-state index < -0.39 is 11.9 Å². The molecular weight excluding hydrogens is 468 g/mol. The Balaban J connectivity index is 1.51. The molecule has 0 spiro atoms. The van der Waals surface area contributed by atoms with Gasteiger partial charge in [0.1, 0.15) is 34.6 Å². The third-order valence-electron chi connectivity index (χ3n) is 6.01. The highest BCUT2D eigenvalue weighted by Gasteiger charge is 2.31. The standard InChI is InChI=1S/C30H30N2O5/c1-3-4-5-15-34-23-8-6-7-21(16-23)29-25-14-13-24(17-27(25)37-30(32)26(29)18-31)36-28(33)19-35-22-11-9-20(2)10-12-22/h6-14,16-17,29H,3-5,15,19,32H2,1-2H3. The summed E-state index contributed by atoms with van der Waals surface area (Å²) in [5.74, 6) is 1.04. The van der Waals surface area contributed by atoms with Gasteiger partial charge < -0.3 is 24.7 Å². The van der Waals surface area contributed by atoms with Crippen LogP contribution in [0.25, 0.3) is 0 Å². The Kier molecular flexibility index (Phi) is 8.32. The molecule has 7 nitrogen and oxygen atoms in total. The summed E-state index contributed by atoms with van der Waals surface area (Å²) in [5.41, 5.74) is 9.14. The van der Waals surface area contributed by atoms with Crippen LogP contribution in [0.4, 0.5) is 0 Å². The van der Waals surface area contributed by atoms with Gasteiger partial charge in [-0.1, -0.05) is 55.7 Å². The highest BCUT2D eigenvalue weighted by atomic mass is 16.6. The van der Waals surface area contributed by atoms with Gasteiger partial charge in [0, 0.05) is 11.6 Å². The molecule has 2 N–H and O–H groups in total. The molecule has 1 unspecified atom stereocenters. The zero-order valence-corrected chi connectivity index (χ0v) is 21.0. The number of nitriles is 1. The number of esters is 1. The molecule has 0 bridgehead atoms. The predicted octanol–water partition coefficient (Wildman–Crippen LogP) is 5.77. The number of benzene rings is 3. The van der Waals surface area contributed by atoms with Crippen molar-refractivity contribution in [3.63, 3.8) is 0 Å². The quantitative estimate of drug-likeness (QED) is 0.215. The fourth-order valence-corrected chi connectivity index (χ4v) is 4.11. The second kappa shape index (κ2) is 12.0. The second-order valence-corrected chi connectivity index (χ2v) is 8.83. The average Bonchev–Trinajstić information content (AvgIpc) is 2.90. The van der Waals surface area contributed by atoms with Gasteiger partial charge in [-0.05, 0) is 49.2 Å². The number of allylic oxidation sites excluding steroid dienone is 1. The Morgan fingerprint density at radius 1 is 1.00 bits per heavy atom. The van der Waals surface area contributed by atoms with E-state index >= 15 is 0 Å². The van der Waals surface area contributed by atoms with Crippen LogP contribution in [-0.2, 0) is 4.79 Å². The average molecular weight is 499 g/mol. The van der Waals surface area contributed by atoms with Crippen molar-refractivity contribution in [1.29, 1.82) is 5.26 Å². The number of hydrogen-bond donors (Lipinski definition) is 1. The predicted molar refractivity (Wildman–Crippen MR) is 140 cm³/mol. The summed E-state index contributed by atoms with van der Waals surface area (Å²) in [7, 11) is 0. The normalized spacial score (nSPS) is 14.2. The van der Waals surface area contributed by atoms with Crippen molar-refractivity contribution in [2.75, 3.05) is 13.2 Å². The molecule has 3 aromatic carbocycles. The molecule has 7 heteroatoms. The highest BCUT2D eigenvalue weighted by molar-refractivity contribution is 5.74. The minimum Gasteiger partial charge on any atom is -0.494 e. The van der Waals surface area contributed by atoms with E-state index in [-0.39, 0.29) is 18.2 Å². The summed E-state index contributed by atoms with van der Waals surface area (Å²) < 4.78 is 22.6. The lowest BCUT2D eigenvalue weighted by atomic mass is 9.83. The number of carbonyl (C=O) groups excluding carboxylic acids is 1. The third-order valence-corrected chi connectivity index (χ3v) is 6.01. The number of aryl methyl sites for hydroxylation is 1. The Hall–Kier alpha value is -4.44. The summed E-state index contributed by atoms with van der Waals surface area (Å²) >= 11 is 0. The zero-order chi connectivity index (χ0) is 26.2. The molecule has 0 saturated heterocycles. The summed E-state index contributed by atoms with van der Waals surface area (Å²) in [6.45, 7) is 4.51. The van der Waals surface area contributed by atoms with E-state index in [4.69, 9.17) is 24.7 Å². The van der Waals surface area contributed by atoms with Crippen LogP contribution in [0, 0.1) is 18.3 Å². The first-order valence-electron chi connectivity index (χ1n) is 12.3. The SMILES string of the molecule is CCCCCOc1cccc(C2C(C#N)=C(N)Oc3cc(OC(=O)COc4ccc(C)cc4)ccc32)c1. The molecule has 1 aliphatic rings. The molecule has 4 rings (SSSR count). The molecule has 1 aliphatic heterocycles. The maximum absolute atomic E-state index is 12.4. The monoisotopic (exact) mass is 498 g/mol. The number of rotatable bonds is 10. The van der Waals surface area contributed by atoms with Crippen LogP contribution >= 0.6 is 0 Å². The molecule has 0 radical (unpaired) electrons. The summed E-state index contributed by atoms with van der Waals surface area (Å²) in [6.07, 6.45) is 3.21. The van der Waals surface area contributed by atoms with E-state index in [1.54, 1.807) is 30.3 Å². The van der Waals surface area contributed by atoms with E-state index in [2.05, 4.69) is 13.0 Å². The lowest BCUT2D eigenvalue weighted by molar-refractivity contribution is -0.136. The topological polar surface area (TPSA) is 104 Å². The van der Waals surface area contributed by atoms with E-state index in [0.717, 1.165) is 41.7 Å². The number of nitrogens with two attached hydrogens (primary N) is 1. The number of ether oxygens (including phenoxy) is 4. The Morgan fingerprint density at radius 2 is 1.78 bits per heavy atom. The number of hydrogen-bond acceptors (Lipinski definition) is 7. The van der Waals surface area contributed by atoms with Crippen molar-refractivity contribution in [3.8, 4) is 29.1 Å². The lowest BCUT2D eigenvalue weighted by Crippen LogP contribution is -2.21. The molecule has 0 aromatic heterocycles. The van der Waals surface area contributed by atoms with Gasteiger partial charge in [-0.25, -0.2) is 4.79 Å². The van der Waals surface area contributed by atoms with Crippen LogP contribution in [0.5, 0.6) is 23.0 Å². The molecule has 0 fully saturated rings. The maximum Gasteiger partial charge on any atom is 0.349 e. The van der Waals surface area contributed by atoms with Crippen LogP contribution in [-0.4, -0.2) is 19.2 Å². The molecule has 1 heterocycles. The van der Waals surface area contributed by atoms with Crippen molar-refractivity contribution in [1.82, 2.24) is 0 Å². The highest BCUT2D eigenvalue weighted by Crippen LogP contribution is 2.44. The van der Waals surface area contributed by atoms with Crippen LogP contribution in [0.15, 0.2) is 78.2 Å². The summed E-state index contributed by atoms with van der Waals surface area (Å²) in [4.78, 5) is 12.4. The Bertz CT molecular complexity index is 1320. The minimum atomic E-state index is -0.554. The first kappa shape index (κ1) is 25.6. The molecule has 37 heavy (non-hydrogen) atoms. The van der Waals surface area contributed by atoms with Crippen LogP contribution < -0.4 is 24.7 Å². The summed E-state index contributed by atoms with van der Waals surface area (Å²) in [6, 6.07) is 22.3. The van der Waals surface area contributed by atoms with E-state index in [9.17, 15) is 10.1 Å². The smallest absolute Gasteiger partial charge is 0.349 e. The number of unbranched alkanes of at least 4 members (excludes halogenated alkanes) is 2. The van der Waals surface area contributed by atoms with E-state index in [0.29, 0.717) is 23.7 Å². The number of nitrogens with zero attached hydrogens (tertiary/aromatic N) is 1. The van der Waals surface area contributed by atoms with E-state index in [1.807, 2.05) is 43.3 Å². The summed E-state index contributed by atoms with van der Waals surface area (Å²) in [5, 5.41) is 9.85. The van der Waals surface area contributed by atoms with Crippen LogP contribution in [0.3, 0.4) is 0 Å². The Morgan fingerprint density at radius 3 is 2.54 bits per heavy atom. The fourth-order valence-electron chi connectivity index (χ4n) is 4.11. The Labute approximate surface area is 217 Å². The fraction of sp³-hybridized carbons (Fsp3) is 0.267. The molecule has 0 amide bonds. The number of fused-ring (bicyclic) bond motifs is 1. The lowest BCUT2D eigenvalue weighted by Gasteiger charge is -2.27. The molecule has 190 valence electrons. The van der Waals surface area contributed by atoms with Gasteiger partial charge in [0.25, 0.3) is 0 Å². The van der Waals surface area contributed by atoms with Crippen LogP contribution in [0.1, 0.15) is 48.8 Å². The van der Waals surface area contributed by atoms with Crippen molar-refractivity contribution in [3.05, 3.63) is 94.9 Å². The van der Waals surface area contributed by atoms with Gasteiger partial charge in [0.05, 0.1) is 12.5 Å². The zero-order valence-electron chi connectivity index (χ0n) is 21.0. The maximum atomic E-state index is 12.4. The first-order valence-corrected chi connectivity index (χ1v) is 12.3. The van der Waals surface area contributed by atoms with Crippen molar-refractivity contribution < 1.29 is 23.7 Å². The molecule has 3 aromatic rings. The minimum absolute atomic E-state index is 0.0143. The van der Waals surface area contributed by atoms with E-state index in [1.165, 1.54) is 0 Å². The van der Waals surface area contributed by atoms with Crippen molar-refractivity contribution >= 4 is 5.97 Å². The molecule has 1 atom stereocenters. The molecule has 0 saturated carbocycles. The van der Waals surface area contributed by atoms with Gasteiger partial charge in [0.15, 0.2) is 6.61 Å². The first-order chi connectivity index (χ1) is 18.0. The van der Waals surface area contributed by atoms with Gasteiger partial charge >= 0.3 is 5.97 Å². The molecule has 0 aliphatic carbocycles. The van der Waals surface area contributed by atoms with Gasteiger partial charge in [-0.3, -0.25) is 0 Å². The third kappa shape index (κ3) is 6.42. The largest absolute Gasteiger partial charge is 0.494 e. The van der Waals surface area contributed by atoms with Gasteiger partial charge in [0.2, 0.25) is 5.88 Å². The molecular formula is C30H30N2O5. The second-order valence-electron chi connectivity index (χ2n) is 8.83. The van der Waals surface area contributed by atoms with Crippen LogP contribution in [0.2, 0.25) is 0 Å². The van der Waals surface area contributed by atoms with Gasteiger partial charge in [-0.15, -0.1) is 0 Å². The van der Waals surface area contributed by atoms with Crippen molar-refractivity contribution in [2.45, 2.75) is 39.0 Å². The van der Waals surface area contributed by atoms with Gasteiger partial charge in [-0.2, -0.15) is 5.26 Å². The van der Waals surface area contributed by atoms with Crippen molar-refractivity contribution in [2.24, 2.45) is 5.73 Å².